The number of nitrogens with one attached hydrogen (secondary N) is 1. The van der Waals surface area contributed by atoms with Crippen LogP contribution in [0.1, 0.15) is 56.6 Å². The Morgan fingerprint density at radius 3 is 2.44 bits per heavy atom. The SMILES string of the molecule is O=C(O[C@@H](C(=O)NC1CC1)c1ccccc1)[C@@H]1CC(=O)N(C2CCCC2)C1. The van der Waals surface area contributed by atoms with Crippen LogP contribution < -0.4 is 5.32 Å². The number of amides is 2. The topological polar surface area (TPSA) is 75.7 Å². The Balaban J connectivity index is 1.43. The average Bonchev–Trinajstić information content (AvgIpc) is 3.17. The summed E-state index contributed by atoms with van der Waals surface area (Å²) in [4.78, 5) is 39.6. The summed E-state index contributed by atoms with van der Waals surface area (Å²) in [5, 5.41) is 2.92. The van der Waals surface area contributed by atoms with Crippen LogP contribution >= 0.6 is 0 Å². The van der Waals surface area contributed by atoms with Gasteiger partial charge in [-0.3, -0.25) is 14.4 Å². The predicted molar refractivity (Wildman–Crippen MR) is 98.5 cm³/mol. The summed E-state index contributed by atoms with van der Waals surface area (Å²) in [6.45, 7) is 0.411. The van der Waals surface area contributed by atoms with E-state index in [9.17, 15) is 14.4 Å². The van der Waals surface area contributed by atoms with E-state index in [0.717, 1.165) is 38.5 Å². The zero-order valence-corrected chi connectivity index (χ0v) is 15.4. The van der Waals surface area contributed by atoms with Gasteiger partial charge in [-0.2, -0.15) is 0 Å². The van der Waals surface area contributed by atoms with Gasteiger partial charge < -0.3 is 15.0 Å². The lowest BCUT2D eigenvalue weighted by molar-refractivity contribution is -0.160. The molecular formula is C21H26N2O4. The van der Waals surface area contributed by atoms with Crippen LogP contribution in [0.5, 0.6) is 0 Å². The number of esters is 1. The second-order valence-corrected chi connectivity index (χ2v) is 7.90. The summed E-state index contributed by atoms with van der Waals surface area (Å²) < 4.78 is 5.64. The van der Waals surface area contributed by atoms with Crippen LogP contribution in [-0.4, -0.2) is 41.3 Å². The number of nitrogens with zero attached hydrogens (tertiary/aromatic N) is 1. The molecule has 1 N–H and O–H groups in total. The maximum atomic E-state index is 12.8. The average molecular weight is 370 g/mol. The Morgan fingerprint density at radius 1 is 1.07 bits per heavy atom. The number of carbonyl (C=O) groups is 3. The van der Waals surface area contributed by atoms with Gasteiger partial charge in [0.05, 0.1) is 5.92 Å². The number of carbonyl (C=O) groups excluding carboxylic acids is 3. The van der Waals surface area contributed by atoms with Crippen LogP contribution in [-0.2, 0) is 19.1 Å². The number of benzene rings is 1. The summed E-state index contributed by atoms with van der Waals surface area (Å²) in [6, 6.07) is 9.52. The molecule has 27 heavy (non-hydrogen) atoms. The number of ether oxygens (including phenoxy) is 1. The van der Waals surface area contributed by atoms with Crippen LogP contribution in [0.2, 0.25) is 0 Å². The summed E-state index contributed by atoms with van der Waals surface area (Å²) >= 11 is 0. The standard InChI is InChI=1S/C21H26N2O4/c24-18-12-15(13-23(18)17-8-4-5-9-17)21(26)27-19(14-6-2-1-3-7-14)20(25)22-16-10-11-16/h1-3,6-7,15-17,19H,4-5,8-13H2,(H,22,25)/t15-,19-/m1/s1. The Morgan fingerprint density at radius 2 is 1.78 bits per heavy atom. The lowest BCUT2D eigenvalue weighted by atomic mass is 10.1. The highest BCUT2D eigenvalue weighted by Gasteiger charge is 2.41. The Labute approximate surface area is 159 Å². The zero-order chi connectivity index (χ0) is 18.8. The molecule has 0 bridgehead atoms. The van der Waals surface area contributed by atoms with Crippen molar-refractivity contribution < 1.29 is 19.1 Å². The second-order valence-electron chi connectivity index (χ2n) is 7.90. The highest BCUT2D eigenvalue weighted by molar-refractivity contribution is 5.89. The zero-order valence-electron chi connectivity index (χ0n) is 15.4. The first kappa shape index (κ1) is 18.0. The second kappa shape index (κ2) is 7.71. The molecule has 1 saturated heterocycles. The van der Waals surface area contributed by atoms with Gasteiger partial charge in [-0.1, -0.05) is 43.2 Å². The van der Waals surface area contributed by atoms with Gasteiger partial charge in [-0.15, -0.1) is 0 Å². The first-order valence-corrected chi connectivity index (χ1v) is 9.97. The Bertz CT molecular complexity index is 710. The molecule has 0 spiro atoms. The van der Waals surface area contributed by atoms with E-state index in [2.05, 4.69) is 5.32 Å². The Hall–Kier alpha value is -2.37. The third-order valence-corrected chi connectivity index (χ3v) is 5.76. The van der Waals surface area contributed by atoms with E-state index >= 15 is 0 Å². The van der Waals surface area contributed by atoms with E-state index < -0.39 is 18.0 Å². The van der Waals surface area contributed by atoms with Crippen molar-refractivity contribution in [1.29, 1.82) is 0 Å². The fourth-order valence-electron chi connectivity index (χ4n) is 4.08. The number of likely N-dealkylation sites (tertiary alicyclic amines) is 1. The van der Waals surface area contributed by atoms with E-state index in [4.69, 9.17) is 4.74 Å². The molecule has 2 saturated carbocycles. The molecule has 0 radical (unpaired) electrons. The van der Waals surface area contributed by atoms with E-state index in [1.54, 1.807) is 12.1 Å². The summed E-state index contributed by atoms with van der Waals surface area (Å²) in [7, 11) is 0. The van der Waals surface area contributed by atoms with Gasteiger partial charge in [0.15, 0.2) is 0 Å². The maximum Gasteiger partial charge on any atom is 0.312 e. The Kier molecular flexibility index (Phi) is 5.14. The molecule has 1 aromatic rings. The molecule has 0 aromatic heterocycles. The predicted octanol–water partition coefficient (Wildman–Crippen LogP) is 2.34. The summed E-state index contributed by atoms with van der Waals surface area (Å²) in [5.74, 6) is -1.20. The van der Waals surface area contributed by atoms with Gasteiger partial charge in [0.1, 0.15) is 0 Å². The van der Waals surface area contributed by atoms with Crippen LogP contribution in [0.15, 0.2) is 30.3 Å². The van der Waals surface area contributed by atoms with Gasteiger partial charge in [-0.25, -0.2) is 0 Å². The minimum absolute atomic E-state index is 0.0301. The molecule has 1 aromatic carbocycles. The number of hydrogen-bond donors (Lipinski definition) is 1. The smallest absolute Gasteiger partial charge is 0.312 e. The first-order valence-electron chi connectivity index (χ1n) is 9.97. The van der Waals surface area contributed by atoms with E-state index in [1.807, 2.05) is 23.1 Å². The number of hydrogen-bond acceptors (Lipinski definition) is 4. The van der Waals surface area contributed by atoms with E-state index in [1.165, 1.54) is 0 Å². The van der Waals surface area contributed by atoms with E-state index in [-0.39, 0.29) is 30.3 Å². The molecule has 144 valence electrons. The normalized spacial score (nSPS) is 24.1. The van der Waals surface area contributed by atoms with Gasteiger partial charge >= 0.3 is 5.97 Å². The monoisotopic (exact) mass is 370 g/mol. The molecule has 3 fully saturated rings. The molecule has 3 aliphatic rings. The van der Waals surface area contributed by atoms with Crippen molar-refractivity contribution in [2.24, 2.45) is 5.92 Å². The molecule has 4 rings (SSSR count). The molecular weight excluding hydrogens is 344 g/mol. The third-order valence-electron chi connectivity index (χ3n) is 5.76. The van der Waals surface area contributed by atoms with Crippen molar-refractivity contribution in [2.45, 2.75) is 63.1 Å². The fourth-order valence-corrected chi connectivity index (χ4v) is 4.08. The third kappa shape index (κ3) is 4.15. The first-order chi connectivity index (χ1) is 13.1. The molecule has 6 heteroatoms. The van der Waals surface area contributed by atoms with Crippen LogP contribution in [0.4, 0.5) is 0 Å². The molecule has 2 aliphatic carbocycles. The van der Waals surface area contributed by atoms with Gasteiger partial charge in [0, 0.05) is 30.6 Å². The van der Waals surface area contributed by atoms with Crippen LogP contribution in [0.25, 0.3) is 0 Å². The van der Waals surface area contributed by atoms with Gasteiger partial charge in [-0.05, 0) is 25.7 Å². The van der Waals surface area contributed by atoms with Crippen molar-refractivity contribution in [3.8, 4) is 0 Å². The van der Waals surface area contributed by atoms with Crippen molar-refractivity contribution in [1.82, 2.24) is 10.2 Å². The molecule has 2 atom stereocenters. The summed E-state index contributed by atoms with van der Waals surface area (Å²) in [6.07, 6.45) is 5.47. The largest absolute Gasteiger partial charge is 0.447 e. The van der Waals surface area contributed by atoms with Crippen LogP contribution in [0.3, 0.4) is 0 Å². The fraction of sp³-hybridized carbons (Fsp3) is 0.571. The lowest BCUT2D eigenvalue weighted by Crippen LogP contribution is -2.36. The van der Waals surface area contributed by atoms with E-state index in [0.29, 0.717) is 12.1 Å². The number of rotatable bonds is 6. The lowest BCUT2D eigenvalue weighted by Gasteiger charge is -2.24. The molecule has 0 unspecified atom stereocenters. The van der Waals surface area contributed by atoms with Gasteiger partial charge in [0.25, 0.3) is 5.91 Å². The molecule has 6 nitrogen and oxygen atoms in total. The molecule has 1 heterocycles. The highest BCUT2D eigenvalue weighted by Crippen LogP contribution is 2.31. The van der Waals surface area contributed by atoms with Crippen molar-refractivity contribution in [2.75, 3.05) is 6.54 Å². The molecule has 2 amide bonds. The minimum atomic E-state index is -0.963. The molecule has 1 aliphatic heterocycles. The van der Waals surface area contributed by atoms with Crippen LogP contribution in [0, 0.1) is 5.92 Å². The summed E-state index contributed by atoms with van der Waals surface area (Å²) in [5.41, 5.74) is 0.654. The van der Waals surface area contributed by atoms with Crippen molar-refractivity contribution in [3.05, 3.63) is 35.9 Å². The maximum absolute atomic E-state index is 12.8. The van der Waals surface area contributed by atoms with Crippen molar-refractivity contribution in [3.63, 3.8) is 0 Å². The van der Waals surface area contributed by atoms with Crippen molar-refractivity contribution >= 4 is 17.8 Å². The van der Waals surface area contributed by atoms with Gasteiger partial charge in [0.2, 0.25) is 12.0 Å². The minimum Gasteiger partial charge on any atom is -0.447 e. The highest BCUT2D eigenvalue weighted by atomic mass is 16.5. The quantitative estimate of drug-likeness (QED) is 0.780.